The molecule has 34 heavy (non-hydrogen) atoms. The van der Waals surface area contributed by atoms with E-state index in [2.05, 4.69) is 10.2 Å². The van der Waals surface area contributed by atoms with Crippen LogP contribution in [0.5, 0.6) is 0 Å². The number of hydrogen-bond donors (Lipinski definition) is 2. The van der Waals surface area contributed by atoms with Gasteiger partial charge in [0.25, 0.3) is 16.0 Å². The van der Waals surface area contributed by atoms with E-state index in [1.54, 1.807) is 29.3 Å². The van der Waals surface area contributed by atoms with Crippen LogP contribution in [0.1, 0.15) is 24.0 Å². The average Bonchev–Trinajstić information content (AvgIpc) is 3.25. The third-order valence-corrected chi connectivity index (χ3v) is 9.13. The van der Waals surface area contributed by atoms with Gasteiger partial charge in [-0.15, -0.1) is 0 Å². The summed E-state index contributed by atoms with van der Waals surface area (Å²) in [4.78, 5) is 18.2. The Morgan fingerprint density at radius 3 is 2.59 bits per heavy atom. The van der Waals surface area contributed by atoms with Crippen molar-refractivity contribution >= 4 is 50.0 Å². The number of hydrogen-bond acceptors (Lipinski definition) is 6. The molecule has 4 aliphatic rings. The van der Waals surface area contributed by atoms with Crippen LogP contribution in [0.25, 0.3) is 4.91 Å². The van der Waals surface area contributed by atoms with Crippen molar-refractivity contribution in [3.8, 4) is 0 Å². The van der Waals surface area contributed by atoms with E-state index in [9.17, 15) is 17.8 Å². The van der Waals surface area contributed by atoms with E-state index in [1.807, 2.05) is 25.1 Å². The standard InChI is InChI=1S/C24H26ClN3O4S2/c1-15-5-6-22(34(30,31)32)20(11-15)28-14-21(17-3-2-4-18(25)12-17)33-24(28)23(29)26-19-13-27-9-7-16(19)8-10-27/h2-6,11-12,14,16,19,24H,7-10,13H2,1H3,(H,26,29)(H,30,31,32)/t19-,24?/m0/s1. The summed E-state index contributed by atoms with van der Waals surface area (Å²) < 4.78 is 34.2. The molecule has 4 aliphatic heterocycles. The molecule has 3 saturated heterocycles. The summed E-state index contributed by atoms with van der Waals surface area (Å²) in [5, 5.41) is 3.07. The summed E-state index contributed by atoms with van der Waals surface area (Å²) in [5.74, 6) is 0.279. The maximum Gasteiger partial charge on any atom is 0.296 e. The molecule has 0 spiro atoms. The van der Waals surface area contributed by atoms with Crippen molar-refractivity contribution in [3.05, 3.63) is 64.8 Å². The number of nitrogens with zero attached hydrogens (tertiary/aromatic N) is 2. The number of nitrogens with one attached hydrogen (secondary N) is 1. The maximum absolute atomic E-state index is 13.6. The van der Waals surface area contributed by atoms with E-state index in [0.717, 1.165) is 48.5 Å². The van der Waals surface area contributed by atoms with Crippen molar-refractivity contribution in [1.82, 2.24) is 10.2 Å². The monoisotopic (exact) mass is 519 g/mol. The number of carbonyl (C=O) groups is 1. The Kier molecular flexibility index (Phi) is 6.41. The maximum atomic E-state index is 13.6. The third kappa shape index (κ3) is 4.72. The highest BCUT2D eigenvalue weighted by Crippen LogP contribution is 2.44. The summed E-state index contributed by atoms with van der Waals surface area (Å²) >= 11 is 7.54. The molecule has 0 aromatic heterocycles. The lowest BCUT2D eigenvalue weighted by atomic mass is 9.84. The van der Waals surface area contributed by atoms with E-state index in [1.165, 1.54) is 17.8 Å². The molecule has 6 rings (SSSR count). The molecule has 7 nitrogen and oxygen atoms in total. The lowest BCUT2D eigenvalue weighted by molar-refractivity contribution is -0.122. The van der Waals surface area contributed by atoms with Gasteiger partial charge in [0.15, 0.2) is 5.37 Å². The molecule has 10 heteroatoms. The van der Waals surface area contributed by atoms with Crippen LogP contribution in [0.2, 0.25) is 5.02 Å². The quantitative estimate of drug-likeness (QED) is 0.577. The fourth-order valence-corrected chi connectivity index (χ4v) is 6.99. The molecular formula is C24H26ClN3O4S2. The lowest BCUT2D eigenvalue weighted by Crippen LogP contribution is -2.59. The van der Waals surface area contributed by atoms with Gasteiger partial charge in [0.05, 0.1) is 5.69 Å². The van der Waals surface area contributed by atoms with Crippen molar-refractivity contribution in [2.24, 2.45) is 5.92 Å². The summed E-state index contributed by atoms with van der Waals surface area (Å²) in [6.07, 6.45) is 3.91. The lowest BCUT2D eigenvalue weighted by Gasteiger charge is -2.45. The second-order valence-corrected chi connectivity index (χ2v) is 12.0. The molecule has 1 amide bonds. The number of carbonyl (C=O) groups excluding carboxylic acids is 1. The Morgan fingerprint density at radius 1 is 1.18 bits per heavy atom. The topological polar surface area (TPSA) is 90.0 Å². The number of piperidine rings is 3. The number of amides is 1. The molecule has 2 aromatic rings. The molecule has 4 heterocycles. The van der Waals surface area contributed by atoms with Crippen molar-refractivity contribution < 1.29 is 17.8 Å². The van der Waals surface area contributed by atoms with Crippen LogP contribution in [-0.4, -0.2) is 54.8 Å². The van der Waals surface area contributed by atoms with E-state index < -0.39 is 15.5 Å². The predicted molar refractivity (Wildman–Crippen MR) is 135 cm³/mol. The molecule has 2 atom stereocenters. The van der Waals surface area contributed by atoms with Crippen molar-refractivity contribution in [3.63, 3.8) is 0 Å². The zero-order valence-corrected chi connectivity index (χ0v) is 21.0. The number of halogens is 1. The minimum atomic E-state index is -4.50. The highest BCUT2D eigenvalue weighted by molar-refractivity contribution is 8.09. The van der Waals surface area contributed by atoms with Crippen LogP contribution in [-0.2, 0) is 14.9 Å². The van der Waals surface area contributed by atoms with E-state index in [-0.39, 0.29) is 22.5 Å². The number of fused-ring (bicyclic) bond motifs is 3. The Balaban J connectivity index is 1.51. The Hall–Kier alpha value is -2.04. The first kappa shape index (κ1) is 23.7. The third-order valence-electron chi connectivity index (χ3n) is 6.74. The minimum Gasteiger partial charge on any atom is -0.349 e. The van der Waals surface area contributed by atoms with Crippen molar-refractivity contribution in [2.45, 2.75) is 36.1 Å². The molecule has 0 saturated carbocycles. The molecule has 2 aromatic carbocycles. The summed E-state index contributed by atoms with van der Waals surface area (Å²) in [6, 6.07) is 12.1. The number of aryl methyl sites for hydroxylation is 1. The van der Waals surface area contributed by atoms with Gasteiger partial charge in [0.2, 0.25) is 0 Å². The first-order chi connectivity index (χ1) is 16.2. The van der Waals surface area contributed by atoms with Gasteiger partial charge < -0.3 is 15.1 Å². The van der Waals surface area contributed by atoms with Gasteiger partial charge in [-0.25, -0.2) is 0 Å². The van der Waals surface area contributed by atoms with E-state index in [0.29, 0.717) is 10.9 Å². The normalized spacial score (nSPS) is 26.4. The van der Waals surface area contributed by atoms with Gasteiger partial charge in [-0.3, -0.25) is 9.35 Å². The first-order valence-corrected chi connectivity index (χ1v) is 13.9. The van der Waals surface area contributed by atoms with Crippen LogP contribution in [0.3, 0.4) is 0 Å². The van der Waals surface area contributed by atoms with Crippen LogP contribution in [0.4, 0.5) is 5.69 Å². The molecule has 2 bridgehead atoms. The Morgan fingerprint density at radius 2 is 1.94 bits per heavy atom. The fraction of sp³-hybridized carbons (Fsp3) is 0.375. The smallest absolute Gasteiger partial charge is 0.296 e. The molecule has 0 radical (unpaired) electrons. The highest BCUT2D eigenvalue weighted by atomic mass is 35.5. The fourth-order valence-electron chi connectivity index (χ4n) is 4.99. The largest absolute Gasteiger partial charge is 0.349 e. The summed E-state index contributed by atoms with van der Waals surface area (Å²) in [5.41, 5.74) is 1.91. The molecule has 2 N–H and O–H groups in total. The second kappa shape index (κ2) is 9.20. The number of benzene rings is 2. The number of thioether (sulfide) groups is 1. The van der Waals surface area contributed by atoms with Gasteiger partial charge in [-0.1, -0.05) is 41.6 Å². The van der Waals surface area contributed by atoms with E-state index >= 15 is 0 Å². The average molecular weight is 520 g/mol. The molecule has 0 aliphatic carbocycles. The van der Waals surface area contributed by atoms with Crippen LogP contribution >= 0.6 is 23.4 Å². The van der Waals surface area contributed by atoms with Crippen molar-refractivity contribution in [2.75, 3.05) is 24.5 Å². The van der Waals surface area contributed by atoms with Gasteiger partial charge in [0.1, 0.15) is 4.90 Å². The summed E-state index contributed by atoms with van der Waals surface area (Å²) in [6.45, 7) is 4.82. The summed E-state index contributed by atoms with van der Waals surface area (Å²) in [7, 11) is -4.50. The zero-order valence-electron chi connectivity index (χ0n) is 18.6. The molecular weight excluding hydrogens is 494 g/mol. The van der Waals surface area contributed by atoms with Crippen LogP contribution in [0, 0.1) is 12.8 Å². The Bertz CT molecular complexity index is 1260. The highest BCUT2D eigenvalue weighted by Gasteiger charge is 2.40. The molecule has 3 fully saturated rings. The number of anilines is 1. The second-order valence-electron chi connectivity index (χ2n) is 9.08. The SMILES string of the molecule is Cc1ccc(S(=O)(=O)O)c(N2C=C(c3cccc(Cl)c3)SC2C(=O)N[C@H]2CN3CCC2CC3)c1. The minimum absolute atomic E-state index is 0.0752. The first-order valence-electron chi connectivity index (χ1n) is 11.2. The molecule has 180 valence electrons. The van der Waals surface area contributed by atoms with Gasteiger partial charge in [-0.2, -0.15) is 8.42 Å². The Labute approximate surface area is 208 Å². The number of rotatable bonds is 5. The van der Waals surface area contributed by atoms with Gasteiger partial charge in [-0.05, 0) is 74.2 Å². The zero-order chi connectivity index (χ0) is 24.0. The van der Waals surface area contributed by atoms with Crippen molar-refractivity contribution in [1.29, 1.82) is 0 Å². The molecule has 1 unspecified atom stereocenters. The van der Waals surface area contributed by atoms with E-state index in [4.69, 9.17) is 11.6 Å². The predicted octanol–water partition coefficient (Wildman–Crippen LogP) is 3.98. The van der Waals surface area contributed by atoms with Gasteiger partial charge in [0, 0.05) is 28.7 Å². The van der Waals surface area contributed by atoms with Crippen LogP contribution in [0.15, 0.2) is 53.6 Å². The van der Waals surface area contributed by atoms with Crippen LogP contribution < -0.4 is 10.2 Å². The van der Waals surface area contributed by atoms with Gasteiger partial charge >= 0.3 is 0 Å².